The van der Waals surface area contributed by atoms with Crippen LogP contribution in [0.25, 0.3) is 32.7 Å². The molecule has 0 fully saturated rings. The average Bonchev–Trinajstić information content (AvgIpc) is 2.66. The van der Waals surface area contributed by atoms with Crippen molar-refractivity contribution in [2.45, 2.75) is 0 Å². The van der Waals surface area contributed by atoms with Crippen LogP contribution >= 0.6 is 0 Å². The van der Waals surface area contributed by atoms with Gasteiger partial charge in [-0.1, -0.05) is 60.7 Å². The lowest BCUT2D eigenvalue weighted by Crippen LogP contribution is -1.95. The van der Waals surface area contributed by atoms with E-state index in [9.17, 15) is 10.5 Å². The third-order valence-corrected chi connectivity index (χ3v) is 4.23. The summed E-state index contributed by atoms with van der Waals surface area (Å²) in [6.07, 6.45) is 0. The van der Waals surface area contributed by atoms with E-state index in [4.69, 9.17) is 0 Å². The zero-order chi connectivity index (χ0) is 16.5. The Morgan fingerprint density at radius 1 is 0.500 bits per heavy atom. The van der Waals surface area contributed by atoms with E-state index in [1.807, 2.05) is 60.7 Å². The van der Waals surface area contributed by atoms with Gasteiger partial charge in [-0.15, -0.1) is 0 Å². The van der Waals surface area contributed by atoms with Crippen LogP contribution in [0.4, 0.5) is 0 Å². The number of fused-ring (bicyclic) bond motifs is 2. The van der Waals surface area contributed by atoms with E-state index in [1.54, 1.807) is 12.1 Å². The lowest BCUT2D eigenvalue weighted by Gasteiger charge is -2.15. The molecule has 0 aliphatic rings. The predicted molar refractivity (Wildman–Crippen MR) is 93.4 cm³/mol. The molecule has 0 aliphatic heterocycles. The zero-order valence-corrected chi connectivity index (χ0v) is 12.6. The fourth-order valence-corrected chi connectivity index (χ4v) is 3.17. The second-order valence-corrected chi connectivity index (χ2v) is 5.50. The maximum Gasteiger partial charge on any atom is 0.173 e. The van der Waals surface area contributed by atoms with Crippen molar-refractivity contribution in [3.63, 3.8) is 0 Å². The summed E-state index contributed by atoms with van der Waals surface area (Å²) in [5.41, 5.74) is 1.33. The first-order chi connectivity index (χ1) is 11.8. The Labute approximate surface area is 138 Å². The van der Waals surface area contributed by atoms with Gasteiger partial charge in [-0.25, -0.2) is 10.5 Å². The minimum atomic E-state index is 0.295. The van der Waals surface area contributed by atoms with Gasteiger partial charge in [-0.2, -0.15) is 0 Å². The Hall–Kier alpha value is -3.08. The Morgan fingerprint density at radius 2 is 0.917 bits per heavy atom. The molecule has 0 spiro atoms. The van der Waals surface area contributed by atoms with Gasteiger partial charge >= 0.3 is 0 Å². The van der Waals surface area contributed by atoms with Crippen LogP contribution < -0.4 is 9.78 Å². The monoisotopic (exact) mass is 318 g/mol. The molecule has 118 valence electrons. The molecule has 2 N–H and O–H groups in total. The molecule has 0 bridgehead atoms. The van der Waals surface area contributed by atoms with Crippen LogP contribution in [0.1, 0.15) is 0 Å². The van der Waals surface area contributed by atoms with E-state index in [1.165, 1.54) is 0 Å². The summed E-state index contributed by atoms with van der Waals surface area (Å²) in [6.45, 7) is 0. The molecule has 4 nitrogen and oxygen atoms in total. The highest BCUT2D eigenvalue weighted by Crippen LogP contribution is 2.45. The highest BCUT2D eigenvalue weighted by molar-refractivity contribution is 6.09. The van der Waals surface area contributed by atoms with E-state index >= 15 is 0 Å². The van der Waals surface area contributed by atoms with Crippen molar-refractivity contribution >= 4 is 21.5 Å². The Balaban J connectivity index is 2.21. The quantitative estimate of drug-likeness (QED) is 0.394. The van der Waals surface area contributed by atoms with Crippen LogP contribution in [0, 0.1) is 0 Å². The third kappa shape index (κ3) is 2.17. The molecular weight excluding hydrogens is 304 g/mol. The number of hydrogen-bond acceptors (Lipinski definition) is 4. The van der Waals surface area contributed by atoms with Crippen LogP contribution in [0.15, 0.2) is 72.8 Å². The number of hydrogen-bond donors (Lipinski definition) is 2. The van der Waals surface area contributed by atoms with E-state index in [0.717, 1.165) is 21.5 Å². The largest absolute Gasteiger partial charge is 0.340 e. The topological polar surface area (TPSA) is 58.9 Å². The normalized spacial score (nSPS) is 10.9. The fraction of sp³-hybridized carbons (Fsp3) is 0. The molecule has 0 aliphatic carbocycles. The Bertz CT molecular complexity index is 955. The van der Waals surface area contributed by atoms with Crippen LogP contribution in [-0.2, 0) is 0 Å². The van der Waals surface area contributed by atoms with Crippen molar-refractivity contribution < 1.29 is 20.3 Å². The summed E-state index contributed by atoms with van der Waals surface area (Å²) in [7, 11) is 0. The lowest BCUT2D eigenvalue weighted by atomic mass is 9.92. The second kappa shape index (κ2) is 5.85. The highest BCUT2D eigenvalue weighted by atomic mass is 17.1. The van der Waals surface area contributed by atoms with E-state index in [0.29, 0.717) is 22.6 Å². The second-order valence-electron chi connectivity index (χ2n) is 5.50. The van der Waals surface area contributed by atoms with Gasteiger partial charge < -0.3 is 9.78 Å². The van der Waals surface area contributed by atoms with Crippen molar-refractivity contribution in [3.05, 3.63) is 72.8 Å². The molecular formula is C20H14O4. The summed E-state index contributed by atoms with van der Waals surface area (Å²) < 4.78 is 0. The summed E-state index contributed by atoms with van der Waals surface area (Å²) >= 11 is 0. The molecule has 0 heterocycles. The van der Waals surface area contributed by atoms with E-state index in [2.05, 4.69) is 9.78 Å². The van der Waals surface area contributed by atoms with Gasteiger partial charge in [0.05, 0.1) is 0 Å². The maximum atomic E-state index is 9.37. The minimum Gasteiger partial charge on any atom is -0.340 e. The molecule has 24 heavy (non-hydrogen) atoms. The van der Waals surface area contributed by atoms with Gasteiger partial charge in [0.1, 0.15) is 0 Å². The van der Waals surface area contributed by atoms with Gasteiger partial charge in [0, 0.05) is 11.1 Å². The van der Waals surface area contributed by atoms with E-state index < -0.39 is 0 Å². The lowest BCUT2D eigenvalue weighted by molar-refractivity contribution is -0.138. The molecule has 0 saturated carbocycles. The summed E-state index contributed by atoms with van der Waals surface area (Å²) in [4.78, 5) is 9.24. The molecule has 0 unspecified atom stereocenters. The van der Waals surface area contributed by atoms with Crippen molar-refractivity contribution in [2.75, 3.05) is 0 Å². The maximum absolute atomic E-state index is 9.37. The van der Waals surface area contributed by atoms with E-state index in [-0.39, 0.29) is 0 Å². The van der Waals surface area contributed by atoms with Gasteiger partial charge in [0.25, 0.3) is 0 Å². The molecule has 0 radical (unpaired) electrons. The van der Waals surface area contributed by atoms with Gasteiger partial charge in [0.15, 0.2) is 11.5 Å². The SMILES string of the molecule is OOc1ccc2ccccc2c1-c1c(OO)ccc2ccccc12. The van der Waals surface area contributed by atoms with Crippen molar-refractivity contribution in [2.24, 2.45) is 0 Å². The molecule has 4 rings (SSSR count). The standard InChI is InChI=1S/C20H14O4/c21-23-17-11-9-13-5-1-3-7-15(13)19(17)20-16-8-4-2-6-14(16)10-12-18(20)24-22/h1-12,21-22H. The third-order valence-electron chi connectivity index (χ3n) is 4.23. The highest BCUT2D eigenvalue weighted by Gasteiger charge is 2.19. The summed E-state index contributed by atoms with van der Waals surface area (Å²) in [5, 5.41) is 22.5. The molecule has 0 aromatic heterocycles. The molecule has 0 amide bonds. The predicted octanol–water partition coefficient (Wildman–Crippen LogP) is 5.36. The minimum absolute atomic E-state index is 0.295. The number of rotatable bonds is 3. The Morgan fingerprint density at radius 3 is 1.33 bits per heavy atom. The number of benzene rings is 4. The fourth-order valence-electron chi connectivity index (χ4n) is 3.17. The van der Waals surface area contributed by atoms with Crippen molar-refractivity contribution in [1.82, 2.24) is 0 Å². The summed E-state index contributed by atoms with van der Waals surface area (Å²) in [6, 6.07) is 22.7. The molecule has 0 saturated heterocycles. The van der Waals surface area contributed by atoms with Gasteiger partial charge in [-0.05, 0) is 33.7 Å². The Kier molecular flexibility index (Phi) is 3.54. The first kappa shape index (κ1) is 14.5. The van der Waals surface area contributed by atoms with Crippen molar-refractivity contribution in [1.29, 1.82) is 0 Å². The zero-order valence-electron chi connectivity index (χ0n) is 12.6. The van der Waals surface area contributed by atoms with Gasteiger partial charge in [0.2, 0.25) is 0 Å². The first-order valence-electron chi connectivity index (χ1n) is 7.50. The van der Waals surface area contributed by atoms with Crippen molar-refractivity contribution in [3.8, 4) is 22.6 Å². The van der Waals surface area contributed by atoms with Crippen LogP contribution in [0.3, 0.4) is 0 Å². The van der Waals surface area contributed by atoms with Crippen LogP contribution in [0.5, 0.6) is 11.5 Å². The molecule has 4 heteroatoms. The summed E-state index contributed by atoms with van der Waals surface area (Å²) in [5.74, 6) is 0.590. The van der Waals surface area contributed by atoms with Crippen LogP contribution in [-0.4, -0.2) is 10.5 Å². The average molecular weight is 318 g/mol. The molecule has 0 atom stereocenters. The smallest absolute Gasteiger partial charge is 0.173 e. The first-order valence-corrected chi connectivity index (χ1v) is 7.50. The molecule has 4 aromatic carbocycles. The van der Waals surface area contributed by atoms with Crippen LogP contribution in [0.2, 0.25) is 0 Å². The molecule has 4 aromatic rings. The van der Waals surface area contributed by atoms with Gasteiger partial charge in [-0.3, -0.25) is 0 Å².